The molecule has 5 nitrogen and oxygen atoms in total. The molecule has 2 aromatic heterocycles. The van der Waals surface area contributed by atoms with Gasteiger partial charge in [-0.3, -0.25) is 4.79 Å². The number of imidazole rings is 1. The molecule has 2 heterocycles. The third-order valence-corrected chi connectivity index (χ3v) is 5.64. The Morgan fingerprint density at radius 2 is 2.00 bits per heavy atom. The van der Waals surface area contributed by atoms with Gasteiger partial charge < -0.3 is 13.9 Å². The molecule has 0 saturated heterocycles. The number of aryl methyl sites for hydroxylation is 2. The Hall–Kier alpha value is -3.06. The SMILES string of the molecule is CCSNc1cc(-c2cc(C)c(=O)n(C)c2)cc2c1ncn2Cc1cccc(F)c1. The molecular weight excluding hydrogens is 399 g/mol. The molecule has 0 spiro atoms. The van der Waals surface area contributed by atoms with Crippen LogP contribution in [-0.4, -0.2) is 19.9 Å². The van der Waals surface area contributed by atoms with Gasteiger partial charge in [0.1, 0.15) is 11.3 Å². The normalized spacial score (nSPS) is 11.2. The molecule has 4 aromatic rings. The monoisotopic (exact) mass is 422 g/mol. The first-order valence-electron chi connectivity index (χ1n) is 9.75. The van der Waals surface area contributed by atoms with Crippen LogP contribution < -0.4 is 10.3 Å². The second-order valence-electron chi connectivity index (χ2n) is 7.26. The third-order valence-electron chi connectivity index (χ3n) is 4.99. The Morgan fingerprint density at radius 1 is 1.17 bits per heavy atom. The van der Waals surface area contributed by atoms with Crippen LogP contribution in [0.5, 0.6) is 0 Å². The molecule has 0 fully saturated rings. The van der Waals surface area contributed by atoms with Gasteiger partial charge in [-0.2, -0.15) is 0 Å². The number of hydrogen-bond acceptors (Lipinski definition) is 4. The number of nitrogens with zero attached hydrogens (tertiary/aromatic N) is 3. The first-order valence-corrected chi connectivity index (χ1v) is 10.7. The predicted octanol–water partition coefficient (Wildman–Crippen LogP) is 4.98. The third kappa shape index (κ3) is 3.98. The Morgan fingerprint density at radius 3 is 2.73 bits per heavy atom. The van der Waals surface area contributed by atoms with Crippen LogP contribution >= 0.6 is 11.9 Å². The number of rotatable bonds is 6. The minimum absolute atomic E-state index is 0.00383. The molecule has 154 valence electrons. The van der Waals surface area contributed by atoms with E-state index in [0.29, 0.717) is 12.1 Å². The lowest BCUT2D eigenvalue weighted by Gasteiger charge is -2.12. The van der Waals surface area contributed by atoms with Gasteiger partial charge in [-0.15, -0.1) is 0 Å². The number of aromatic nitrogens is 3. The smallest absolute Gasteiger partial charge is 0.253 e. The zero-order valence-corrected chi connectivity index (χ0v) is 18.0. The number of nitrogens with one attached hydrogen (secondary N) is 1. The summed E-state index contributed by atoms with van der Waals surface area (Å²) in [5, 5.41) is 0. The summed E-state index contributed by atoms with van der Waals surface area (Å²) in [6, 6.07) is 12.6. The van der Waals surface area contributed by atoms with Crippen LogP contribution in [0, 0.1) is 12.7 Å². The Bertz CT molecular complexity index is 1250. The van der Waals surface area contributed by atoms with E-state index in [1.54, 1.807) is 36.0 Å². The maximum Gasteiger partial charge on any atom is 0.253 e. The molecule has 0 aliphatic rings. The number of anilines is 1. The van der Waals surface area contributed by atoms with E-state index in [1.165, 1.54) is 12.1 Å². The quantitative estimate of drug-likeness (QED) is 0.446. The van der Waals surface area contributed by atoms with Crippen LogP contribution in [0.2, 0.25) is 0 Å². The highest BCUT2D eigenvalue weighted by Crippen LogP contribution is 2.32. The molecule has 0 amide bonds. The molecule has 4 rings (SSSR count). The predicted molar refractivity (Wildman–Crippen MR) is 122 cm³/mol. The van der Waals surface area contributed by atoms with Gasteiger partial charge in [-0.25, -0.2) is 9.37 Å². The van der Waals surface area contributed by atoms with Crippen LogP contribution in [0.3, 0.4) is 0 Å². The summed E-state index contributed by atoms with van der Waals surface area (Å²) in [7, 11) is 1.76. The fourth-order valence-electron chi connectivity index (χ4n) is 3.55. The highest BCUT2D eigenvalue weighted by atomic mass is 32.2. The molecule has 0 saturated carbocycles. The molecule has 2 aromatic carbocycles. The Labute approximate surface area is 178 Å². The molecule has 0 atom stereocenters. The van der Waals surface area contributed by atoms with E-state index >= 15 is 0 Å². The molecular formula is C23H23FN4OS. The fraction of sp³-hybridized carbons (Fsp3) is 0.217. The van der Waals surface area contributed by atoms with Crippen molar-refractivity contribution in [1.82, 2.24) is 14.1 Å². The highest BCUT2D eigenvalue weighted by molar-refractivity contribution is 8.00. The summed E-state index contributed by atoms with van der Waals surface area (Å²) in [4.78, 5) is 16.7. The van der Waals surface area contributed by atoms with Crippen LogP contribution in [0.1, 0.15) is 18.1 Å². The number of benzene rings is 2. The number of fused-ring (bicyclic) bond motifs is 1. The number of hydrogen-bond donors (Lipinski definition) is 1. The van der Waals surface area contributed by atoms with Crippen molar-refractivity contribution in [1.29, 1.82) is 0 Å². The van der Waals surface area contributed by atoms with Gasteiger partial charge in [0, 0.05) is 31.1 Å². The molecule has 0 radical (unpaired) electrons. The van der Waals surface area contributed by atoms with E-state index in [1.807, 2.05) is 29.8 Å². The topological polar surface area (TPSA) is 51.9 Å². The van der Waals surface area contributed by atoms with Gasteiger partial charge in [0.25, 0.3) is 5.56 Å². The van der Waals surface area contributed by atoms with E-state index < -0.39 is 0 Å². The van der Waals surface area contributed by atoms with Crippen molar-refractivity contribution in [2.45, 2.75) is 20.4 Å². The first-order chi connectivity index (χ1) is 14.5. The van der Waals surface area contributed by atoms with Crippen LogP contribution in [0.25, 0.3) is 22.2 Å². The highest BCUT2D eigenvalue weighted by Gasteiger charge is 2.13. The average Bonchev–Trinajstić information content (AvgIpc) is 3.12. The van der Waals surface area contributed by atoms with Crippen molar-refractivity contribution in [2.24, 2.45) is 7.05 Å². The van der Waals surface area contributed by atoms with Gasteiger partial charge >= 0.3 is 0 Å². The molecule has 1 N–H and O–H groups in total. The second kappa shape index (κ2) is 8.36. The maximum absolute atomic E-state index is 13.6. The van der Waals surface area contributed by atoms with Crippen molar-refractivity contribution in [3.63, 3.8) is 0 Å². The van der Waals surface area contributed by atoms with Gasteiger partial charge in [-0.05, 0) is 53.9 Å². The Kier molecular flexibility index (Phi) is 5.63. The van der Waals surface area contributed by atoms with E-state index in [4.69, 9.17) is 0 Å². The molecule has 0 aliphatic heterocycles. The second-order valence-corrected chi connectivity index (χ2v) is 8.33. The summed E-state index contributed by atoms with van der Waals surface area (Å²) in [6.07, 6.45) is 3.63. The first kappa shape index (κ1) is 20.2. The molecule has 30 heavy (non-hydrogen) atoms. The summed E-state index contributed by atoms with van der Waals surface area (Å²) in [5.74, 6) is 0.661. The van der Waals surface area contributed by atoms with Crippen molar-refractivity contribution in [3.8, 4) is 11.1 Å². The lowest BCUT2D eigenvalue weighted by Crippen LogP contribution is -2.18. The lowest BCUT2D eigenvalue weighted by atomic mass is 10.0. The van der Waals surface area contributed by atoms with Gasteiger partial charge in [-0.1, -0.05) is 31.0 Å². The molecule has 0 aliphatic carbocycles. The number of halogens is 1. The van der Waals surface area contributed by atoms with Crippen molar-refractivity contribution in [3.05, 3.63) is 82.3 Å². The van der Waals surface area contributed by atoms with Crippen molar-refractivity contribution >= 4 is 28.7 Å². The van der Waals surface area contributed by atoms with Gasteiger partial charge in [0.05, 0.1) is 17.5 Å². The van der Waals surface area contributed by atoms with E-state index in [2.05, 4.69) is 28.8 Å². The number of pyridine rings is 1. The van der Waals surface area contributed by atoms with Gasteiger partial charge in [0.2, 0.25) is 0 Å². The molecule has 0 bridgehead atoms. The molecule has 0 unspecified atom stereocenters. The Balaban J connectivity index is 1.86. The van der Waals surface area contributed by atoms with Crippen molar-refractivity contribution in [2.75, 3.05) is 10.5 Å². The maximum atomic E-state index is 13.6. The lowest BCUT2D eigenvalue weighted by molar-refractivity contribution is 0.624. The van der Waals surface area contributed by atoms with Crippen LogP contribution in [0.15, 0.2) is 59.8 Å². The average molecular weight is 423 g/mol. The summed E-state index contributed by atoms with van der Waals surface area (Å²) in [5.41, 5.74) is 6.23. The zero-order chi connectivity index (χ0) is 21.3. The standard InChI is InChI=1S/C23H23FN4OS/c1-4-30-26-20-10-17(18-8-15(2)23(29)27(3)13-18)11-21-22(20)25-14-28(21)12-16-6-5-7-19(24)9-16/h5-11,13-14,26H,4,12H2,1-3H3. The van der Waals surface area contributed by atoms with E-state index in [9.17, 15) is 9.18 Å². The van der Waals surface area contributed by atoms with Crippen molar-refractivity contribution < 1.29 is 4.39 Å². The van der Waals surface area contributed by atoms with E-state index in [0.717, 1.165) is 39.2 Å². The van der Waals surface area contributed by atoms with Crippen LogP contribution in [-0.2, 0) is 13.6 Å². The van der Waals surface area contributed by atoms with Gasteiger partial charge in [0.15, 0.2) is 0 Å². The minimum atomic E-state index is -0.250. The summed E-state index contributed by atoms with van der Waals surface area (Å²) >= 11 is 1.60. The van der Waals surface area contributed by atoms with E-state index in [-0.39, 0.29) is 11.4 Å². The zero-order valence-electron chi connectivity index (χ0n) is 17.1. The summed E-state index contributed by atoms with van der Waals surface area (Å²) < 4.78 is 20.7. The minimum Gasteiger partial charge on any atom is -0.328 e. The largest absolute Gasteiger partial charge is 0.328 e. The van der Waals surface area contributed by atoms with Crippen LogP contribution in [0.4, 0.5) is 10.1 Å². The molecule has 7 heteroatoms. The summed E-state index contributed by atoms with van der Waals surface area (Å²) in [6.45, 7) is 4.42. The fourth-order valence-corrected chi connectivity index (χ4v) is 4.01.